The van der Waals surface area contributed by atoms with Crippen LogP contribution in [0.25, 0.3) is 10.8 Å². The van der Waals surface area contributed by atoms with Crippen molar-refractivity contribution in [3.8, 4) is 5.75 Å². The molecule has 0 saturated carbocycles. The van der Waals surface area contributed by atoms with Crippen molar-refractivity contribution in [3.63, 3.8) is 0 Å². The number of carbonyl (C=O) groups excluding carboxylic acids is 2. The smallest absolute Gasteiger partial charge is 0.261 e. The zero-order valence-corrected chi connectivity index (χ0v) is 14.0. The van der Waals surface area contributed by atoms with Crippen molar-refractivity contribution in [2.45, 2.75) is 4.90 Å². The number of rotatable bonds is 3. The second kappa shape index (κ2) is 5.57. The SMILES string of the molecule is O=C1NC(=O)c2cc(S(=O)(=O)Nc3ccc(O)cc3)cc3cccc1c23. The maximum Gasteiger partial charge on any atom is 0.261 e. The number of imide groups is 1. The summed E-state index contributed by atoms with van der Waals surface area (Å²) in [4.78, 5) is 24.0. The second-order valence-corrected chi connectivity index (χ2v) is 7.49. The van der Waals surface area contributed by atoms with Crippen LogP contribution < -0.4 is 10.0 Å². The fourth-order valence-electron chi connectivity index (χ4n) is 2.91. The van der Waals surface area contributed by atoms with E-state index in [0.29, 0.717) is 16.3 Å². The van der Waals surface area contributed by atoms with Crippen molar-refractivity contribution < 1.29 is 23.1 Å². The number of aromatic hydroxyl groups is 1. The van der Waals surface area contributed by atoms with Gasteiger partial charge in [-0.3, -0.25) is 19.6 Å². The Bertz CT molecular complexity index is 1180. The van der Waals surface area contributed by atoms with Gasteiger partial charge in [0.15, 0.2) is 0 Å². The van der Waals surface area contributed by atoms with E-state index in [1.165, 1.54) is 36.4 Å². The summed E-state index contributed by atoms with van der Waals surface area (Å²) in [5.74, 6) is -1.14. The minimum absolute atomic E-state index is 0.0111. The first-order valence-corrected chi connectivity index (χ1v) is 9.08. The van der Waals surface area contributed by atoms with E-state index in [1.54, 1.807) is 18.2 Å². The summed E-state index contributed by atoms with van der Waals surface area (Å²) < 4.78 is 27.8. The third-order valence-electron chi connectivity index (χ3n) is 4.10. The van der Waals surface area contributed by atoms with E-state index in [4.69, 9.17) is 0 Å². The third-order valence-corrected chi connectivity index (χ3v) is 5.46. The van der Waals surface area contributed by atoms with Gasteiger partial charge in [-0.05, 0) is 47.9 Å². The zero-order chi connectivity index (χ0) is 18.5. The van der Waals surface area contributed by atoms with E-state index in [2.05, 4.69) is 10.0 Å². The van der Waals surface area contributed by atoms with Crippen LogP contribution in [0.5, 0.6) is 5.75 Å². The highest BCUT2D eigenvalue weighted by Gasteiger charge is 2.27. The van der Waals surface area contributed by atoms with Gasteiger partial charge in [-0.25, -0.2) is 8.42 Å². The normalized spacial score (nSPS) is 13.5. The fraction of sp³-hybridized carbons (Fsp3) is 0. The number of sulfonamides is 1. The molecule has 0 atom stereocenters. The van der Waals surface area contributed by atoms with Gasteiger partial charge in [-0.1, -0.05) is 12.1 Å². The largest absolute Gasteiger partial charge is 0.508 e. The number of benzene rings is 3. The maximum atomic E-state index is 12.7. The van der Waals surface area contributed by atoms with Gasteiger partial charge in [0.05, 0.1) is 4.90 Å². The number of nitrogens with one attached hydrogen (secondary N) is 2. The third kappa shape index (κ3) is 2.56. The lowest BCUT2D eigenvalue weighted by molar-refractivity contribution is 0.0845. The molecule has 0 spiro atoms. The van der Waals surface area contributed by atoms with Gasteiger partial charge in [0, 0.05) is 22.2 Å². The van der Waals surface area contributed by atoms with E-state index in [1.807, 2.05) is 0 Å². The number of phenols is 1. The first-order chi connectivity index (χ1) is 12.3. The molecule has 4 rings (SSSR count). The molecule has 3 aromatic rings. The van der Waals surface area contributed by atoms with Gasteiger partial charge in [-0.2, -0.15) is 0 Å². The van der Waals surface area contributed by atoms with Crippen LogP contribution in [0.4, 0.5) is 5.69 Å². The number of anilines is 1. The molecular formula is C18H12N2O5S. The van der Waals surface area contributed by atoms with Crippen LogP contribution in [0.15, 0.2) is 59.5 Å². The first kappa shape index (κ1) is 16.1. The molecule has 1 aliphatic rings. The average molecular weight is 368 g/mol. The second-order valence-electron chi connectivity index (χ2n) is 5.81. The summed E-state index contributed by atoms with van der Waals surface area (Å²) in [7, 11) is -3.97. The maximum absolute atomic E-state index is 12.7. The molecule has 0 unspecified atom stereocenters. The number of amides is 2. The fourth-order valence-corrected chi connectivity index (χ4v) is 4.02. The highest BCUT2D eigenvalue weighted by Crippen LogP contribution is 2.30. The van der Waals surface area contributed by atoms with E-state index >= 15 is 0 Å². The van der Waals surface area contributed by atoms with Crippen molar-refractivity contribution >= 4 is 38.3 Å². The molecule has 0 aliphatic carbocycles. The minimum atomic E-state index is -3.97. The molecule has 2 amide bonds. The molecule has 0 bridgehead atoms. The van der Waals surface area contributed by atoms with Gasteiger partial charge >= 0.3 is 0 Å². The zero-order valence-electron chi connectivity index (χ0n) is 13.2. The van der Waals surface area contributed by atoms with E-state index < -0.39 is 21.8 Å². The molecule has 0 fully saturated rings. The van der Waals surface area contributed by atoms with Gasteiger partial charge in [0.1, 0.15) is 5.75 Å². The van der Waals surface area contributed by atoms with Crippen LogP contribution in [-0.2, 0) is 10.0 Å². The highest BCUT2D eigenvalue weighted by atomic mass is 32.2. The number of hydrogen-bond donors (Lipinski definition) is 3. The molecule has 1 aliphatic heterocycles. The van der Waals surface area contributed by atoms with Gasteiger partial charge in [0.25, 0.3) is 21.8 Å². The van der Waals surface area contributed by atoms with Crippen LogP contribution in [-0.4, -0.2) is 25.3 Å². The molecule has 26 heavy (non-hydrogen) atoms. The summed E-state index contributed by atoms with van der Waals surface area (Å²) in [6.45, 7) is 0. The molecule has 7 nitrogen and oxygen atoms in total. The Kier molecular flexibility index (Phi) is 3.45. The quantitative estimate of drug-likeness (QED) is 0.485. The monoisotopic (exact) mass is 368 g/mol. The molecule has 8 heteroatoms. The Balaban J connectivity index is 1.86. The topological polar surface area (TPSA) is 113 Å². The summed E-state index contributed by atoms with van der Waals surface area (Å²) in [5, 5.41) is 12.4. The summed E-state index contributed by atoms with van der Waals surface area (Å²) in [5.41, 5.74) is 0.723. The van der Waals surface area contributed by atoms with Crippen molar-refractivity contribution in [3.05, 3.63) is 65.7 Å². The Morgan fingerprint density at radius 1 is 0.885 bits per heavy atom. The van der Waals surface area contributed by atoms with Crippen molar-refractivity contribution in [1.82, 2.24) is 5.32 Å². The minimum Gasteiger partial charge on any atom is -0.508 e. The molecule has 3 aromatic carbocycles. The predicted octanol–water partition coefficient (Wildman–Crippen LogP) is 2.23. The van der Waals surface area contributed by atoms with Crippen LogP contribution in [0.3, 0.4) is 0 Å². The number of hydrogen-bond acceptors (Lipinski definition) is 5. The van der Waals surface area contributed by atoms with E-state index in [0.717, 1.165) is 0 Å². The Morgan fingerprint density at radius 2 is 1.58 bits per heavy atom. The van der Waals surface area contributed by atoms with Crippen LogP contribution in [0.1, 0.15) is 20.7 Å². The highest BCUT2D eigenvalue weighted by molar-refractivity contribution is 7.92. The van der Waals surface area contributed by atoms with Gasteiger partial charge < -0.3 is 5.11 Å². The molecule has 0 aromatic heterocycles. The molecule has 0 saturated heterocycles. The average Bonchev–Trinajstić information content (AvgIpc) is 2.61. The van der Waals surface area contributed by atoms with Gasteiger partial charge in [-0.15, -0.1) is 0 Å². The number of carbonyl (C=O) groups is 2. The summed E-state index contributed by atoms with van der Waals surface area (Å²) in [6.07, 6.45) is 0. The lowest BCUT2D eigenvalue weighted by atomic mass is 9.95. The number of phenolic OH excluding ortho intramolecular Hbond substituents is 1. The van der Waals surface area contributed by atoms with Crippen LogP contribution >= 0.6 is 0 Å². The lowest BCUT2D eigenvalue weighted by Crippen LogP contribution is -2.34. The lowest BCUT2D eigenvalue weighted by Gasteiger charge is -2.18. The Labute approximate surface area is 148 Å². The van der Waals surface area contributed by atoms with E-state index in [-0.39, 0.29) is 21.9 Å². The van der Waals surface area contributed by atoms with Gasteiger partial charge in [0.2, 0.25) is 0 Å². The Morgan fingerprint density at radius 3 is 2.31 bits per heavy atom. The first-order valence-electron chi connectivity index (χ1n) is 7.59. The molecule has 0 radical (unpaired) electrons. The Hall–Kier alpha value is -3.39. The standard InChI is InChI=1S/C18H12N2O5S/c21-12-6-4-11(5-7-12)20-26(24,25)13-8-10-2-1-3-14-16(10)15(9-13)18(23)19-17(14)22/h1-9,20-21H,(H,19,22,23). The molecular weight excluding hydrogens is 356 g/mol. The summed E-state index contributed by atoms with van der Waals surface area (Å²) in [6, 6.07) is 13.1. The molecule has 130 valence electrons. The van der Waals surface area contributed by atoms with Crippen LogP contribution in [0, 0.1) is 0 Å². The summed E-state index contributed by atoms with van der Waals surface area (Å²) >= 11 is 0. The predicted molar refractivity (Wildman–Crippen MR) is 94.7 cm³/mol. The van der Waals surface area contributed by atoms with Crippen molar-refractivity contribution in [2.24, 2.45) is 0 Å². The van der Waals surface area contributed by atoms with Crippen molar-refractivity contribution in [2.75, 3.05) is 4.72 Å². The van der Waals surface area contributed by atoms with Crippen molar-refractivity contribution in [1.29, 1.82) is 0 Å². The van der Waals surface area contributed by atoms with E-state index in [9.17, 15) is 23.1 Å². The molecule has 1 heterocycles. The van der Waals surface area contributed by atoms with Crippen LogP contribution in [0.2, 0.25) is 0 Å². The molecule has 3 N–H and O–H groups in total.